The van der Waals surface area contributed by atoms with Crippen molar-refractivity contribution in [1.82, 2.24) is 9.88 Å². The molecule has 0 aliphatic heterocycles. The largest absolute Gasteiger partial charge is 0.324 e. The third kappa shape index (κ3) is 4.39. The first kappa shape index (κ1) is 17.2. The number of carbonyl (C=O) groups is 1. The van der Waals surface area contributed by atoms with Crippen LogP contribution in [-0.2, 0) is 10.2 Å². The second kappa shape index (κ2) is 6.92. The first-order chi connectivity index (χ1) is 10.8. The second-order valence-corrected chi connectivity index (χ2v) is 6.97. The van der Waals surface area contributed by atoms with Gasteiger partial charge in [-0.2, -0.15) is 0 Å². The highest BCUT2D eigenvalue weighted by molar-refractivity contribution is 5.95. The smallest absolute Gasteiger partial charge is 0.246 e. The molecule has 0 saturated heterocycles. The van der Waals surface area contributed by atoms with Crippen molar-refractivity contribution in [3.63, 3.8) is 0 Å². The number of nitrogens with zero attached hydrogens (tertiary/aromatic N) is 2. The summed E-state index contributed by atoms with van der Waals surface area (Å²) in [7, 11) is 3.78. The average molecular weight is 311 g/mol. The molecule has 0 bridgehead atoms. The van der Waals surface area contributed by atoms with Crippen LogP contribution in [0.15, 0.2) is 48.8 Å². The Morgan fingerprint density at radius 2 is 1.78 bits per heavy atom. The van der Waals surface area contributed by atoms with E-state index in [4.69, 9.17) is 0 Å². The van der Waals surface area contributed by atoms with Gasteiger partial charge in [-0.3, -0.25) is 14.7 Å². The Hall–Kier alpha value is -2.20. The molecule has 0 aliphatic rings. The molecular formula is C19H25N3O. The van der Waals surface area contributed by atoms with Gasteiger partial charge in [0.1, 0.15) is 6.04 Å². The van der Waals surface area contributed by atoms with Gasteiger partial charge in [0.15, 0.2) is 0 Å². The minimum atomic E-state index is -0.369. The molecule has 2 aromatic rings. The standard InChI is InChI=1S/C19H25N3O/c1-19(2,3)15-8-10-16(11-9-15)21-18(23)17(22(4)5)14-7-6-12-20-13-14/h6-13,17H,1-5H3,(H,21,23). The predicted octanol–water partition coefficient (Wildman–Crippen LogP) is 3.62. The number of likely N-dealkylation sites (N-methyl/N-ethyl adjacent to an activating group) is 1. The van der Waals surface area contributed by atoms with Crippen LogP contribution in [0, 0.1) is 0 Å². The Kier molecular flexibility index (Phi) is 5.16. The van der Waals surface area contributed by atoms with Crippen LogP contribution in [0.25, 0.3) is 0 Å². The van der Waals surface area contributed by atoms with Crippen molar-refractivity contribution < 1.29 is 4.79 Å². The lowest BCUT2D eigenvalue weighted by Crippen LogP contribution is -2.32. The molecule has 0 fully saturated rings. The molecule has 0 spiro atoms. The fraction of sp³-hybridized carbons (Fsp3) is 0.368. The van der Waals surface area contributed by atoms with Crippen LogP contribution in [0.3, 0.4) is 0 Å². The first-order valence-electron chi connectivity index (χ1n) is 7.77. The number of hydrogen-bond donors (Lipinski definition) is 1. The van der Waals surface area contributed by atoms with Crippen molar-refractivity contribution in [1.29, 1.82) is 0 Å². The summed E-state index contributed by atoms with van der Waals surface area (Å²) in [5.74, 6) is -0.0634. The number of benzene rings is 1. The van der Waals surface area contributed by atoms with Crippen LogP contribution in [-0.4, -0.2) is 29.9 Å². The molecular weight excluding hydrogens is 286 g/mol. The summed E-state index contributed by atoms with van der Waals surface area (Å²) in [6, 6.07) is 11.4. The van der Waals surface area contributed by atoms with Crippen molar-refractivity contribution in [3.05, 3.63) is 59.9 Å². The number of hydrogen-bond acceptors (Lipinski definition) is 3. The minimum absolute atomic E-state index is 0.0634. The molecule has 0 saturated carbocycles. The van der Waals surface area contributed by atoms with Crippen LogP contribution in [0.2, 0.25) is 0 Å². The molecule has 4 nitrogen and oxygen atoms in total. The van der Waals surface area contributed by atoms with E-state index in [1.54, 1.807) is 12.4 Å². The topological polar surface area (TPSA) is 45.2 Å². The van der Waals surface area contributed by atoms with Crippen molar-refractivity contribution in [2.24, 2.45) is 0 Å². The Morgan fingerprint density at radius 1 is 1.13 bits per heavy atom. The van der Waals surface area contributed by atoms with Crippen LogP contribution >= 0.6 is 0 Å². The first-order valence-corrected chi connectivity index (χ1v) is 7.77. The highest BCUT2D eigenvalue weighted by Gasteiger charge is 2.23. The Labute approximate surface area is 138 Å². The Balaban J connectivity index is 2.16. The molecule has 0 radical (unpaired) electrons. The number of rotatable bonds is 4. The van der Waals surface area contributed by atoms with E-state index in [0.717, 1.165) is 11.3 Å². The molecule has 1 aromatic carbocycles. The molecule has 1 N–H and O–H groups in total. The van der Waals surface area contributed by atoms with E-state index in [2.05, 4.69) is 43.2 Å². The van der Waals surface area contributed by atoms with Crippen LogP contribution in [0.5, 0.6) is 0 Å². The molecule has 1 atom stereocenters. The van der Waals surface area contributed by atoms with E-state index >= 15 is 0 Å². The van der Waals surface area contributed by atoms with Gasteiger partial charge in [-0.15, -0.1) is 0 Å². The van der Waals surface area contributed by atoms with Crippen LogP contribution in [0.4, 0.5) is 5.69 Å². The maximum Gasteiger partial charge on any atom is 0.246 e. The monoisotopic (exact) mass is 311 g/mol. The van der Waals surface area contributed by atoms with E-state index in [1.807, 2.05) is 43.3 Å². The lowest BCUT2D eigenvalue weighted by molar-refractivity contribution is -0.120. The number of aromatic nitrogens is 1. The summed E-state index contributed by atoms with van der Waals surface area (Å²) in [4.78, 5) is 18.6. The van der Waals surface area contributed by atoms with Gasteiger partial charge >= 0.3 is 0 Å². The lowest BCUT2D eigenvalue weighted by atomic mass is 9.87. The molecule has 1 heterocycles. The van der Waals surface area contributed by atoms with Gasteiger partial charge in [0.05, 0.1) is 0 Å². The summed E-state index contributed by atoms with van der Waals surface area (Å²) in [6.07, 6.45) is 3.44. The zero-order chi connectivity index (χ0) is 17.0. The Bertz CT molecular complexity index is 643. The van der Waals surface area contributed by atoms with Gasteiger partial charge in [0.25, 0.3) is 0 Å². The van der Waals surface area contributed by atoms with Crippen molar-refractivity contribution in [3.8, 4) is 0 Å². The molecule has 1 aromatic heterocycles. The highest BCUT2D eigenvalue weighted by Crippen LogP contribution is 2.24. The molecule has 4 heteroatoms. The summed E-state index contributed by atoms with van der Waals surface area (Å²) in [5.41, 5.74) is 3.02. The fourth-order valence-electron chi connectivity index (χ4n) is 2.49. The summed E-state index contributed by atoms with van der Waals surface area (Å²) in [5, 5.41) is 2.99. The van der Waals surface area contributed by atoms with E-state index in [0.29, 0.717) is 0 Å². The molecule has 0 aliphatic carbocycles. The maximum atomic E-state index is 12.7. The van der Waals surface area contributed by atoms with Crippen LogP contribution in [0.1, 0.15) is 37.9 Å². The third-order valence-electron chi connectivity index (χ3n) is 3.78. The highest BCUT2D eigenvalue weighted by atomic mass is 16.2. The quantitative estimate of drug-likeness (QED) is 0.938. The molecule has 23 heavy (non-hydrogen) atoms. The number of carbonyl (C=O) groups excluding carboxylic acids is 1. The summed E-state index contributed by atoms with van der Waals surface area (Å²) in [6.45, 7) is 6.52. The van der Waals surface area contributed by atoms with Gasteiger partial charge in [0.2, 0.25) is 5.91 Å². The van der Waals surface area contributed by atoms with Gasteiger partial charge < -0.3 is 5.32 Å². The van der Waals surface area contributed by atoms with Gasteiger partial charge in [0, 0.05) is 18.1 Å². The zero-order valence-corrected chi connectivity index (χ0v) is 14.5. The van der Waals surface area contributed by atoms with Gasteiger partial charge in [-0.25, -0.2) is 0 Å². The van der Waals surface area contributed by atoms with E-state index in [-0.39, 0.29) is 17.4 Å². The van der Waals surface area contributed by atoms with Crippen molar-refractivity contribution in [2.75, 3.05) is 19.4 Å². The van der Waals surface area contributed by atoms with E-state index < -0.39 is 0 Å². The van der Waals surface area contributed by atoms with E-state index in [9.17, 15) is 4.79 Å². The number of nitrogens with one attached hydrogen (secondary N) is 1. The normalized spacial score (nSPS) is 13.0. The number of amides is 1. The lowest BCUT2D eigenvalue weighted by Gasteiger charge is -2.24. The molecule has 122 valence electrons. The molecule has 1 unspecified atom stereocenters. The summed E-state index contributed by atoms with van der Waals surface area (Å²) < 4.78 is 0. The van der Waals surface area contributed by atoms with Crippen molar-refractivity contribution in [2.45, 2.75) is 32.2 Å². The second-order valence-electron chi connectivity index (χ2n) is 6.97. The number of anilines is 1. The molecule has 2 rings (SSSR count). The predicted molar refractivity (Wildman–Crippen MR) is 94.4 cm³/mol. The fourth-order valence-corrected chi connectivity index (χ4v) is 2.49. The molecule has 1 amide bonds. The summed E-state index contributed by atoms with van der Waals surface area (Å²) >= 11 is 0. The Morgan fingerprint density at radius 3 is 2.26 bits per heavy atom. The SMILES string of the molecule is CN(C)C(C(=O)Nc1ccc(C(C)(C)C)cc1)c1cccnc1. The maximum absolute atomic E-state index is 12.7. The average Bonchev–Trinajstić information content (AvgIpc) is 2.47. The zero-order valence-electron chi connectivity index (χ0n) is 14.5. The third-order valence-corrected chi connectivity index (χ3v) is 3.78. The van der Waals surface area contributed by atoms with E-state index in [1.165, 1.54) is 5.56 Å². The van der Waals surface area contributed by atoms with Crippen LogP contribution < -0.4 is 5.32 Å². The van der Waals surface area contributed by atoms with Gasteiger partial charge in [-0.05, 0) is 48.8 Å². The van der Waals surface area contributed by atoms with Gasteiger partial charge in [-0.1, -0.05) is 39.0 Å². The number of pyridine rings is 1. The van der Waals surface area contributed by atoms with Crippen molar-refractivity contribution >= 4 is 11.6 Å². The minimum Gasteiger partial charge on any atom is -0.324 e.